The summed E-state index contributed by atoms with van der Waals surface area (Å²) in [4.78, 5) is 15.7. The summed E-state index contributed by atoms with van der Waals surface area (Å²) in [6.07, 6.45) is 4.76. The first-order valence-electron chi connectivity index (χ1n) is 9.29. The lowest BCUT2D eigenvalue weighted by Crippen LogP contribution is -2.35. The lowest BCUT2D eigenvalue weighted by Gasteiger charge is -2.24. The van der Waals surface area contributed by atoms with Gasteiger partial charge in [0.15, 0.2) is 11.5 Å². The molecule has 2 heterocycles. The number of ether oxygens (including phenoxy) is 3. The monoisotopic (exact) mass is 423 g/mol. The predicted molar refractivity (Wildman–Crippen MR) is 107 cm³/mol. The van der Waals surface area contributed by atoms with Gasteiger partial charge in [0, 0.05) is 29.7 Å². The Morgan fingerprint density at radius 3 is 2.90 bits per heavy atom. The first-order chi connectivity index (χ1) is 14.1. The van der Waals surface area contributed by atoms with Gasteiger partial charge in [0.25, 0.3) is 0 Å². The molecule has 0 radical (unpaired) electrons. The van der Waals surface area contributed by atoms with Crippen LogP contribution in [0.4, 0.5) is 8.78 Å². The number of benzene rings is 1. The molecule has 1 aromatic heterocycles. The molecule has 1 fully saturated rings. The highest BCUT2D eigenvalue weighted by atomic mass is 32.1. The second-order valence-electron chi connectivity index (χ2n) is 6.52. The minimum absolute atomic E-state index is 0.0156. The number of rotatable bonds is 9. The quantitative estimate of drug-likeness (QED) is 0.554. The number of hydrogen-bond acceptors (Lipinski definition) is 5. The van der Waals surface area contributed by atoms with Gasteiger partial charge in [0.1, 0.15) is 0 Å². The number of amides is 1. The summed E-state index contributed by atoms with van der Waals surface area (Å²) in [6, 6.07) is 8.68. The highest BCUT2D eigenvalue weighted by Crippen LogP contribution is 2.33. The van der Waals surface area contributed by atoms with Gasteiger partial charge in [0.05, 0.1) is 19.8 Å². The van der Waals surface area contributed by atoms with Crippen molar-refractivity contribution in [2.24, 2.45) is 0 Å². The topological polar surface area (TPSA) is 48.0 Å². The Kier molecular flexibility index (Phi) is 7.60. The van der Waals surface area contributed by atoms with E-state index >= 15 is 0 Å². The molecule has 8 heteroatoms. The molecular formula is C21H23F2NO4S. The maximum atomic E-state index is 12.9. The van der Waals surface area contributed by atoms with E-state index in [1.54, 1.807) is 28.4 Å². The molecule has 0 spiro atoms. The highest BCUT2D eigenvalue weighted by molar-refractivity contribution is 7.09. The Morgan fingerprint density at radius 1 is 1.38 bits per heavy atom. The summed E-state index contributed by atoms with van der Waals surface area (Å²) < 4.78 is 41.0. The molecular weight excluding hydrogens is 400 g/mol. The van der Waals surface area contributed by atoms with Crippen LogP contribution in [-0.2, 0) is 16.1 Å². The number of thiophene rings is 1. The second kappa shape index (κ2) is 10.4. The molecule has 0 aliphatic carbocycles. The Bertz CT molecular complexity index is 820. The average molecular weight is 423 g/mol. The van der Waals surface area contributed by atoms with Crippen molar-refractivity contribution in [3.05, 3.63) is 52.2 Å². The van der Waals surface area contributed by atoms with Crippen molar-refractivity contribution in [2.45, 2.75) is 32.1 Å². The minimum Gasteiger partial charge on any atom is -0.493 e. The van der Waals surface area contributed by atoms with Crippen molar-refractivity contribution < 1.29 is 27.8 Å². The number of para-hydroxylation sites is 1. The molecule has 0 N–H and O–H groups in total. The van der Waals surface area contributed by atoms with Crippen LogP contribution >= 0.6 is 11.3 Å². The van der Waals surface area contributed by atoms with Crippen molar-refractivity contribution in [3.63, 3.8) is 0 Å². The molecule has 1 aliphatic heterocycles. The molecule has 1 amide bonds. The van der Waals surface area contributed by atoms with E-state index in [1.807, 2.05) is 17.5 Å². The Hall–Kier alpha value is -2.45. The molecule has 156 valence electrons. The van der Waals surface area contributed by atoms with Gasteiger partial charge in [-0.3, -0.25) is 4.79 Å². The van der Waals surface area contributed by atoms with Crippen molar-refractivity contribution in [1.29, 1.82) is 0 Å². The normalized spacial score (nSPS) is 16.5. The molecule has 1 aliphatic rings. The van der Waals surface area contributed by atoms with Crippen LogP contribution in [0.15, 0.2) is 41.8 Å². The number of nitrogens with zero attached hydrogens (tertiary/aromatic N) is 1. The standard InChI is InChI=1S/C21H23F2NO4S/c1-26-18-8-2-5-15(20(18)28-21(22)23)9-10-19(25)24(13-16-6-3-11-27-16)14-17-7-4-12-29-17/h2,4-5,7-10,12,16,21H,3,6,11,13-14H2,1H3/b10-9-. The van der Waals surface area contributed by atoms with Crippen LogP contribution in [0.2, 0.25) is 0 Å². The van der Waals surface area contributed by atoms with E-state index in [9.17, 15) is 13.6 Å². The van der Waals surface area contributed by atoms with Gasteiger partial charge in [-0.15, -0.1) is 11.3 Å². The summed E-state index contributed by atoms with van der Waals surface area (Å²) >= 11 is 1.58. The van der Waals surface area contributed by atoms with Crippen LogP contribution in [-0.4, -0.2) is 43.8 Å². The molecule has 2 aromatic rings. The number of alkyl halides is 2. The van der Waals surface area contributed by atoms with Gasteiger partial charge in [0.2, 0.25) is 5.91 Å². The number of carbonyl (C=O) groups is 1. The lowest BCUT2D eigenvalue weighted by atomic mass is 10.1. The van der Waals surface area contributed by atoms with Crippen molar-refractivity contribution in [1.82, 2.24) is 4.90 Å². The first kappa shape index (κ1) is 21.3. The average Bonchev–Trinajstić information content (AvgIpc) is 3.40. The summed E-state index contributed by atoms with van der Waals surface area (Å²) in [5.74, 6) is -0.146. The summed E-state index contributed by atoms with van der Waals surface area (Å²) in [6.45, 7) is -1.33. The van der Waals surface area contributed by atoms with E-state index < -0.39 is 6.61 Å². The van der Waals surface area contributed by atoms with Gasteiger partial charge in [-0.25, -0.2) is 0 Å². The van der Waals surface area contributed by atoms with Crippen LogP contribution in [0, 0.1) is 0 Å². The number of methoxy groups -OCH3 is 1. The fourth-order valence-electron chi connectivity index (χ4n) is 3.16. The SMILES string of the molecule is COc1cccc(/C=C\C(=O)N(Cc2cccs2)CC2CCCO2)c1OC(F)F. The van der Waals surface area contributed by atoms with Crippen molar-refractivity contribution in [3.8, 4) is 11.5 Å². The van der Waals surface area contributed by atoms with Crippen molar-refractivity contribution >= 4 is 23.3 Å². The molecule has 1 unspecified atom stereocenters. The van der Waals surface area contributed by atoms with Gasteiger partial charge in [-0.05, 0) is 36.4 Å². The summed E-state index contributed by atoms with van der Waals surface area (Å²) in [7, 11) is 1.37. The maximum absolute atomic E-state index is 12.9. The van der Waals surface area contributed by atoms with E-state index in [-0.39, 0.29) is 23.5 Å². The van der Waals surface area contributed by atoms with E-state index in [1.165, 1.54) is 25.3 Å². The molecule has 1 atom stereocenters. The number of carbonyl (C=O) groups excluding carboxylic acids is 1. The molecule has 1 aromatic carbocycles. The van der Waals surface area contributed by atoms with Crippen LogP contribution in [0.3, 0.4) is 0 Å². The van der Waals surface area contributed by atoms with E-state index in [0.29, 0.717) is 25.3 Å². The van der Waals surface area contributed by atoms with E-state index in [2.05, 4.69) is 4.74 Å². The smallest absolute Gasteiger partial charge is 0.387 e. The number of halogens is 2. The second-order valence-corrected chi connectivity index (χ2v) is 7.56. The van der Waals surface area contributed by atoms with Gasteiger partial charge >= 0.3 is 6.61 Å². The first-order valence-corrected chi connectivity index (χ1v) is 10.2. The van der Waals surface area contributed by atoms with Crippen LogP contribution < -0.4 is 9.47 Å². The molecule has 3 rings (SSSR count). The maximum Gasteiger partial charge on any atom is 0.387 e. The number of hydrogen-bond donors (Lipinski definition) is 0. The third-order valence-electron chi connectivity index (χ3n) is 4.53. The summed E-state index contributed by atoms with van der Waals surface area (Å²) in [5.41, 5.74) is 0.339. The van der Waals surface area contributed by atoms with E-state index in [4.69, 9.17) is 9.47 Å². The molecule has 5 nitrogen and oxygen atoms in total. The Morgan fingerprint density at radius 2 is 2.24 bits per heavy atom. The third kappa shape index (κ3) is 6.01. The lowest BCUT2D eigenvalue weighted by molar-refractivity contribution is -0.128. The molecule has 29 heavy (non-hydrogen) atoms. The zero-order chi connectivity index (χ0) is 20.6. The fraction of sp³-hybridized carbons (Fsp3) is 0.381. The predicted octanol–water partition coefficient (Wildman–Crippen LogP) is 4.58. The summed E-state index contributed by atoms with van der Waals surface area (Å²) in [5, 5.41) is 1.96. The van der Waals surface area contributed by atoms with Gasteiger partial charge < -0.3 is 19.1 Å². The zero-order valence-electron chi connectivity index (χ0n) is 16.1. The molecule has 0 bridgehead atoms. The van der Waals surface area contributed by atoms with Gasteiger partial charge in [-0.1, -0.05) is 18.2 Å². The highest BCUT2D eigenvalue weighted by Gasteiger charge is 2.22. The molecule has 0 saturated carbocycles. The van der Waals surface area contributed by atoms with Crippen LogP contribution in [0.1, 0.15) is 23.3 Å². The largest absolute Gasteiger partial charge is 0.493 e. The molecule has 1 saturated heterocycles. The van der Waals surface area contributed by atoms with E-state index in [0.717, 1.165) is 17.7 Å². The zero-order valence-corrected chi connectivity index (χ0v) is 16.9. The third-order valence-corrected chi connectivity index (χ3v) is 5.39. The van der Waals surface area contributed by atoms with Crippen molar-refractivity contribution in [2.75, 3.05) is 20.3 Å². The fourth-order valence-corrected chi connectivity index (χ4v) is 3.88. The van der Waals surface area contributed by atoms with Crippen LogP contribution in [0.25, 0.3) is 6.08 Å². The van der Waals surface area contributed by atoms with Gasteiger partial charge in [-0.2, -0.15) is 8.78 Å². The van der Waals surface area contributed by atoms with Crippen LogP contribution in [0.5, 0.6) is 11.5 Å². The Labute approximate surface area is 172 Å². The Balaban J connectivity index is 1.78. The minimum atomic E-state index is -3.00.